The lowest BCUT2D eigenvalue weighted by Crippen LogP contribution is -2.53. The largest absolute Gasteiger partial charge is 0.374 e. The van der Waals surface area contributed by atoms with Crippen LogP contribution >= 0.6 is 0 Å². The Hall–Kier alpha value is -3.06. The Bertz CT molecular complexity index is 1300. The molecule has 1 fully saturated rings. The Morgan fingerprint density at radius 1 is 0.643 bits per heavy atom. The van der Waals surface area contributed by atoms with Crippen molar-refractivity contribution in [1.29, 1.82) is 0 Å². The van der Waals surface area contributed by atoms with Gasteiger partial charge in [-0.3, -0.25) is 0 Å². The SMILES string of the molecule is C[Si](C)(CC[C@@H]1C[C@@H](OCc2ccccc2)[C@H](OCc2ccccc2)[C@@H](COCc2ccccc2)O1)c1ccccc1. The molecule has 1 saturated heterocycles. The van der Waals surface area contributed by atoms with Crippen LogP contribution in [0.3, 0.4) is 0 Å². The van der Waals surface area contributed by atoms with Gasteiger partial charge in [0, 0.05) is 6.42 Å². The first kappa shape index (κ1) is 30.4. The number of hydrogen-bond acceptors (Lipinski definition) is 4. The Morgan fingerprint density at radius 3 is 1.71 bits per heavy atom. The predicted octanol–water partition coefficient (Wildman–Crippen LogP) is 7.54. The van der Waals surface area contributed by atoms with Crippen LogP contribution in [0.4, 0.5) is 0 Å². The van der Waals surface area contributed by atoms with E-state index in [0.29, 0.717) is 26.4 Å². The van der Waals surface area contributed by atoms with Crippen LogP contribution in [0.25, 0.3) is 0 Å². The van der Waals surface area contributed by atoms with Crippen LogP contribution in [0.2, 0.25) is 19.1 Å². The average Bonchev–Trinajstić information content (AvgIpc) is 3.04. The first-order valence-corrected chi connectivity index (χ1v) is 18.4. The number of hydrogen-bond donors (Lipinski definition) is 0. The molecule has 5 rings (SSSR count). The van der Waals surface area contributed by atoms with Crippen molar-refractivity contribution in [2.75, 3.05) is 6.61 Å². The van der Waals surface area contributed by atoms with E-state index in [1.807, 2.05) is 42.5 Å². The lowest BCUT2D eigenvalue weighted by Gasteiger charge is -2.42. The summed E-state index contributed by atoms with van der Waals surface area (Å²) in [5.74, 6) is 0. The molecule has 4 nitrogen and oxygen atoms in total. The summed E-state index contributed by atoms with van der Waals surface area (Å²) in [6.45, 7) is 6.97. The molecule has 0 N–H and O–H groups in total. The quantitative estimate of drug-likeness (QED) is 0.144. The molecular weight excluding hydrogens is 536 g/mol. The molecule has 4 atom stereocenters. The van der Waals surface area contributed by atoms with Crippen LogP contribution in [-0.4, -0.2) is 39.1 Å². The van der Waals surface area contributed by atoms with Crippen LogP contribution in [0.1, 0.15) is 29.5 Å². The van der Waals surface area contributed by atoms with Gasteiger partial charge in [-0.2, -0.15) is 0 Å². The van der Waals surface area contributed by atoms with Gasteiger partial charge in [-0.15, -0.1) is 0 Å². The van der Waals surface area contributed by atoms with Crippen LogP contribution in [0, 0.1) is 0 Å². The molecule has 4 aromatic carbocycles. The highest BCUT2D eigenvalue weighted by molar-refractivity contribution is 6.89. The fourth-order valence-corrected chi connectivity index (χ4v) is 8.10. The van der Waals surface area contributed by atoms with Crippen molar-refractivity contribution < 1.29 is 18.9 Å². The standard InChI is InChI=1S/C37H44O4Si/c1-42(2,34-21-13-6-14-22-34)24-23-33-25-35(39-27-31-17-9-4-10-18-31)37(40-28-32-19-11-5-12-20-32)36(41-33)29-38-26-30-15-7-3-8-16-30/h3-22,33,35-37H,23-29H2,1-2H3/t33-,35-,36-,37+/m1/s1. The molecule has 5 heteroatoms. The molecule has 0 amide bonds. The Morgan fingerprint density at radius 2 is 1.14 bits per heavy atom. The van der Waals surface area contributed by atoms with Crippen molar-refractivity contribution in [2.45, 2.75) is 76.2 Å². The summed E-state index contributed by atoms with van der Waals surface area (Å²) in [7, 11) is -1.61. The maximum Gasteiger partial charge on any atom is 0.113 e. The van der Waals surface area contributed by atoms with Crippen molar-refractivity contribution in [2.24, 2.45) is 0 Å². The molecule has 220 valence electrons. The van der Waals surface area contributed by atoms with Gasteiger partial charge < -0.3 is 18.9 Å². The van der Waals surface area contributed by atoms with Crippen LogP contribution in [0.5, 0.6) is 0 Å². The fraction of sp³-hybridized carbons (Fsp3) is 0.351. The summed E-state index contributed by atoms with van der Waals surface area (Å²) >= 11 is 0. The molecule has 1 aliphatic rings. The molecule has 1 heterocycles. The highest BCUT2D eigenvalue weighted by Gasteiger charge is 2.41. The first-order chi connectivity index (χ1) is 20.6. The molecular formula is C37H44O4Si. The molecule has 42 heavy (non-hydrogen) atoms. The van der Waals surface area contributed by atoms with Crippen LogP contribution in [-0.2, 0) is 38.8 Å². The molecule has 0 unspecified atom stereocenters. The minimum Gasteiger partial charge on any atom is -0.374 e. The number of ether oxygens (including phenoxy) is 4. The molecule has 0 aromatic heterocycles. The Labute approximate surface area is 252 Å². The summed E-state index contributed by atoms with van der Waals surface area (Å²) in [5, 5.41) is 1.49. The van der Waals surface area contributed by atoms with E-state index in [2.05, 4.69) is 92.0 Å². The van der Waals surface area contributed by atoms with E-state index in [1.165, 1.54) is 5.19 Å². The van der Waals surface area contributed by atoms with E-state index in [9.17, 15) is 0 Å². The second-order valence-corrected chi connectivity index (χ2v) is 16.8. The zero-order chi connectivity index (χ0) is 29.0. The maximum atomic E-state index is 6.83. The first-order valence-electron chi connectivity index (χ1n) is 15.2. The van der Waals surface area contributed by atoms with Crippen molar-refractivity contribution >= 4 is 13.3 Å². The molecule has 0 aliphatic carbocycles. The van der Waals surface area contributed by atoms with Crippen molar-refractivity contribution in [3.63, 3.8) is 0 Å². The third-order valence-corrected chi connectivity index (χ3v) is 11.7. The van der Waals surface area contributed by atoms with E-state index >= 15 is 0 Å². The van der Waals surface area contributed by atoms with E-state index < -0.39 is 8.07 Å². The van der Waals surface area contributed by atoms with Gasteiger partial charge >= 0.3 is 0 Å². The molecule has 0 saturated carbocycles. The number of benzene rings is 4. The predicted molar refractivity (Wildman–Crippen MR) is 172 cm³/mol. The second kappa shape index (κ2) is 15.4. The normalized spacial score (nSPS) is 20.8. The van der Waals surface area contributed by atoms with E-state index in [1.54, 1.807) is 0 Å². The van der Waals surface area contributed by atoms with E-state index in [-0.39, 0.29) is 24.4 Å². The summed E-state index contributed by atoms with van der Waals surface area (Å²) in [4.78, 5) is 0. The summed E-state index contributed by atoms with van der Waals surface area (Å²) in [6.07, 6.45) is 1.34. The van der Waals surface area contributed by atoms with Gasteiger partial charge in [0.2, 0.25) is 0 Å². The van der Waals surface area contributed by atoms with Gasteiger partial charge in [0.25, 0.3) is 0 Å². The minimum atomic E-state index is -1.61. The monoisotopic (exact) mass is 580 g/mol. The number of rotatable bonds is 14. The highest BCUT2D eigenvalue weighted by Crippen LogP contribution is 2.31. The second-order valence-electron chi connectivity index (χ2n) is 11.9. The molecule has 0 bridgehead atoms. The third kappa shape index (κ3) is 8.97. The van der Waals surface area contributed by atoms with Crippen molar-refractivity contribution in [1.82, 2.24) is 0 Å². The zero-order valence-corrected chi connectivity index (χ0v) is 25.9. The zero-order valence-electron chi connectivity index (χ0n) is 24.9. The van der Waals surface area contributed by atoms with Gasteiger partial charge in [-0.05, 0) is 23.1 Å². The molecule has 4 aromatic rings. The van der Waals surface area contributed by atoms with Crippen LogP contribution in [0.15, 0.2) is 121 Å². The Balaban J connectivity index is 1.32. The van der Waals surface area contributed by atoms with Gasteiger partial charge in [-0.25, -0.2) is 0 Å². The summed E-state index contributed by atoms with van der Waals surface area (Å²) in [5.41, 5.74) is 3.46. The van der Waals surface area contributed by atoms with Gasteiger partial charge in [0.15, 0.2) is 0 Å². The third-order valence-electron chi connectivity index (χ3n) is 8.23. The lowest BCUT2D eigenvalue weighted by atomic mass is 9.96. The van der Waals surface area contributed by atoms with Crippen LogP contribution < -0.4 is 5.19 Å². The highest BCUT2D eigenvalue weighted by atomic mass is 28.3. The lowest BCUT2D eigenvalue weighted by molar-refractivity contribution is -0.220. The maximum absolute atomic E-state index is 6.83. The fourth-order valence-electron chi connectivity index (χ4n) is 5.68. The smallest absolute Gasteiger partial charge is 0.113 e. The van der Waals surface area contributed by atoms with E-state index in [4.69, 9.17) is 18.9 Å². The minimum absolute atomic E-state index is 0.0863. The molecule has 0 radical (unpaired) electrons. The summed E-state index contributed by atoms with van der Waals surface area (Å²) in [6, 6.07) is 43.2. The molecule has 0 spiro atoms. The van der Waals surface area contributed by atoms with E-state index in [0.717, 1.165) is 35.6 Å². The Kier molecular flexibility index (Phi) is 11.2. The van der Waals surface area contributed by atoms with Gasteiger partial charge in [-0.1, -0.05) is 146 Å². The average molecular weight is 581 g/mol. The van der Waals surface area contributed by atoms with Crippen molar-refractivity contribution in [3.05, 3.63) is 138 Å². The topological polar surface area (TPSA) is 36.9 Å². The van der Waals surface area contributed by atoms with Gasteiger partial charge in [0.1, 0.15) is 12.2 Å². The summed E-state index contributed by atoms with van der Waals surface area (Å²) < 4.78 is 26.4. The van der Waals surface area contributed by atoms with Crippen molar-refractivity contribution in [3.8, 4) is 0 Å². The molecule has 1 aliphatic heterocycles. The van der Waals surface area contributed by atoms with Gasteiger partial charge in [0.05, 0.1) is 46.7 Å².